The number of nitrogens with one attached hydrogen (secondary N) is 2. The van der Waals surface area contributed by atoms with Crippen LogP contribution in [0.1, 0.15) is 38.5 Å². The average molecular weight is 620 g/mol. The van der Waals surface area contributed by atoms with Crippen LogP contribution < -0.4 is 20.3 Å². The third-order valence-electron chi connectivity index (χ3n) is 11.2. The van der Waals surface area contributed by atoms with E-state index < -0.39 is 0 Å². The first-order valence-corrected chi connectivity index (χ1v) is 17.0. The second kappa shape index (κ2) is 11.0. The van der Waals surface area contributed by atoms with Crippen molar-refractivity contribution in [2.24, 2.45) is 0 Å². The summed E-state index contributed by atoms with van der Waals surface area (Å²) in [5.41, 5.74) is 2.86. The summed E-state index contributed by atoms with van der Waals surface area (Å²) in [6, 6.07) is 19.1. The molecule has 10 nitrogen and oxygen atoms in total. The first-order valence-electron chi connectivity index (χ1n) is 17.0. The van der Waals surface area contributed by atoms with Crippen LogP contribution in [0.25, 0.3) is 32.8 Å². The van der Waals surface area contributed by atoms with Crippen LogP contribution in [0.3, 0.4) is 0 Å². The van der Waals surface area contributed by atoms with Crippen molar-refractivity contribution < 1.29 is 14.6 Å². The number of carbonyl (C=O) groups excluding carboxylic acids is 1. The highest BCUT2D eigenvalue weighted by Gasteiger charge is 2.46. The van der Waals surface area contributed by atoms with E-state index in [1.807, 2.05) is 24.3 Å². The summed E-state index contributed by atoms with van der Waals surface area (Å²) < 4.78 is 6.55. The van der Waals surface area contributed by atoms with Crippen LogP contribution in [0.15, 0.2) is 54.6 Å². The van der Waals surface area contributed by atoms with Crippen molar-refractivity contribution in [3.63, 3.8) is 0 Å². The summed E-state index contributed by atoms with van der Waals surface area (Å²) in [4.78, 5) is 30.4. The summed E-state index contributed by atoms with van der Waals surface area (Å²) in [5, 5.41) is 20.1. The second-order valence-electron chi connectivity index (χ2n) is 14.0. The van der Waals surface area contributed by atoms with Gasteiger partial charge in [-0.15, -0.1) is 0 Å². The van der Waals surface area contributed by atoms with Crippen LogP contribution in [0, 0.1) is 0 Å². The van der Waals surface area contributed by atoms with E-state index in [0.29, 0.717) is 12.6 Å². The van der Waals surface area contributed by atoms with Gasteiger partial charge in [0.25, 0.3) is 0 Å². The van der Waals surface area contributed by atoms with E-state index in [2.05, 4.69) is 49.6 Å². The van der Waals surface area contributed by atoms with Gasteiger partial charge in [0.15, 0.2) is 0 Å². The predicted molar refractivity (Wildman–Crippen MR) is 178 cm³/mol. The fourth-order valence-corrected chi connectivity index (χ4v) is 8.81. The molecule has 238 valence electrons. The van der Waals surface area contributed by atoms with E-state index in [1.54, 1.807) is 6.07 Å². The number of carbonyl (C=O) groups is 1. The molecule has 9 rings (SSSR count). The Labute approximate surface area is 268 Å². The van der Waals surface area contributed by atoms with Crippen molar-refractivity contribution >= 4 is 33.5 Å². The van der Waals surface area contributed by atoms with Crippen molar-refractivity contribution in [2.45, 2.75) is 62.2 Å². The largest absolute Gasteiger partial charge is 0.508 e. The van der Waals surface area contributed by atoms with Crippen LogP contribution in [-0.2, 0) is 0 Å². The lowest BCUT2D eigenvalue weighted by Gasteiger charge is -2.43. The van der Waals surface area contributed by atoms with Gasteiger partial charge in [-0.2, -0.15) is 9.97 Å². The Balaban J connectivity index is 1.08. The molecule has 0 spiro atoms. The van der Waals surface area contributed by atoms with Crippen LogP contribution in [0.4, 0.5) is 10.6 Å². The Kier molecular flexibility index (Phi) is 6.71. The van der Waals surface area contributed by atoms with Gasteiger partial charge >= 0.3 is 12.0 Å². The molecule has 2 atom stereocenters. The maximum absolute atomic E-state index is 13.3. The van der Waals surface area contributed by atoms with Gasteiger partial charge in [-0.3, -0.25) is 4.90 Å². The number of nitrogens with zero attached hydrogens (tertiary/aromatic N) is 5. The van der Waals surface area contributed by atoms with E-state index in [-0.39, 0.29) is 35.4 Å². The van der Waals surface area contributed by atoms with E-state index in [4.69, 9.17) is 14.7 Å². The monoisotopic (exact) mass is 619 g/mol. The summed E-state index contributed by atoms with van der Waals surface area (Å²) >= 11 is 0. The highest BCUT2D eigenvalue weighted by molar-refractivity contribution is 6.01. The summed E-state index contributed by atoms with van der Waals surface area (Å²) in [6.07, 6.45) is 6.74. The maximum atomic E-state index is 13.3. The minimum atomic E-state index is 0.0649. The number of phenols is 1. The third kappa shape index (κ3) is 4.72. The van der Waals surface area contributed by atoms with E-state index in [0.717, 1.165) is 104 Å². The number of anilines is 1. The Hall–Kier alpha value is -4.15. The number of ether oxygens (including phenoxy) is 1. The summed E-state index contributed by atoms with van der Waals surface area (Å²) in [6.45, 7) is 6.04. The standard InChI is InChI=1S/C36H41N7O3/c44-28-15-23-5-1-2-6-29(23)31(17-28)24-7-10-30-32(16-24)39-34(46-22-36-11-3-13-42(36)14-4-12-36)40-33(30)41-20-26-8-9-27(21-41)43(26)35(45)38-25-18-37-19-25/h1-2,5-7,10,15-17,25-27,37,44H,3-4,8-9,11-14,18-22H2,(H,38,45)/t26-,27+. The molecule has 4 aromatic rings. The lowest BCUT2D eigenvalue weighted by molar-refractivity contribution is 0.108. The zero-order valence-corrected chi connectivity index (χ0v) is 26.1. The molecule has 3 aromatic carbocycles. The highest BCUT2D eigenvalue weighted by Crippen LogP contribution is 2.41. The molecule has 1 aromatic heterocycles. The SMILES string of the molecule is O=C(NC1CNC1)N1[C@@H]2CC[C@H]1CN(c1nc(OCC34CCCN3CCC4)nc3cc(-c4cc(O)cc5ccccc45)ccc13)C2. The van der Waals surface area contributed by atoms with Crippen LogP contribution in [-0.4, -0.2) is 100 Å². The Bertz CT molecular complexity index is 1800. The molecule has 3 N–H and O–H groups in total. The quantitative estimate of drug-likeness (QED) is 0.290. The molecule has 46 heavy (non-hydrogen) atoms. The van der Waals surface area contributed by atoms with Gasteiger partial charge in [0.2, 0.25) is 0 Å². The first kappa shape index (κ1) is 28.1. The molecule has 0 saturated carbocycles. The number of phenolic OH excluding ortho intramolecular Hbond substituents is 1. The third-order valence-corrected chi connectivity index (χ3v) is 11.2. The lowest BCUT2D eigenvalue weighted by Crippen LogP contribution is -2.64. The van der Waals surface area contributed by atoms with E-state index >= 15 is 0 Å². The number of hydrogen-bond donors (Lipinski definition) is 3. The molecule has 0 aliphatic carbocycles. The summed E-state index contributed by atoms with van der Waals surface area (Å²) in [7, 11) is 0. The fourth-order valence-electron chi connectivity index (χ4n) is 8.81. The molecule has 10 heteroatoms. The van der Waals surface area contributed by atoms with Gasteiger partial charge in [0.05, 0.1) is 29.2 Å². The predicted octanol–water partition coefficient (Wildman–Crippen LogP) is 4.50. The van der Waals surface area contributed by atoms with Gasteiger partial charge in [-0.05, 0) is 97.8 Å². The molecule has 5 fully saturated rings. The number of rotatable bonds is 6. The Morgan fingerprint density at radius 2 is 1.76 bits per heavy atom. The van der Waals surface area contributed by atoms with Crippen molar-refractivity contribution in [3.8, 4) is 22.9 Å². The molecule has 2 bridgehead atoms. The first-order chi connectivity index (χ1) is 22.5. The van der Waals surface area contributed by atoms with E-state index in [9.17, 15) is 9.90 Å². The van der Waals surface area contributed by atoms with Crippen LogP contribution in [0.2, 0.25) is 0 Å². The van der Waals surface area contributed by atoms with Crippen molar-refractivity contribution in [1.82, 2.24) is 30.4 Å². The van der Waals surface area contributed by atoms with Crippen molar-refractivity contribution in [1.29, 1.82) is 0 Å². The molecule has 2 amide bonds. The van der Waals surface area contributed by atoms with E-state index in [1.165, 1.54) is 12.8 Å². The normalized spacial score (nSPS) is 24.0. The van der Waals surface area contributed by atoms with Crippen LogP contribution >= 0.6 is 0 Å². The number of benzene rings is 3. The summed E-state index contributed by atoms with van der Waals surface area (Å²) in [5.74, 6) is 1.11. The maximum Gasteiger partial charge on any atom is 0.319 e. The zero-order chi connectivity index (χ0) is 30.8. The minimum absolute atomic E-state index is 0.0649. The molecule has 5 aliphatic heterocycles. The Morgan fingerprint density at radius 1 is 0.978 bits per heavy atom. The Morgan fingerprint density at radius 3 is 2.52 bits per heavy atom. The fraction of sp³-hybridized carbons (Fsp3) is 0.472. The van der Waals surface area contributed by atoms with Crippen molar-refractivity contribution in [3.05, 3.63) is 54.6 Å². The van der Waals surface area contributed by atoms with Gasteiger partial charge in [0, 0.05) is 31.6 Å². The molecular formula is C36H41N7O3. The van der Waals surface area contributed by atoms with Gasteiger partial charge in [-0.1, -0.05) is 30.3 Å². The number of hydrogen-bond acceptors (Lipinski definition) is 8. The number of aromatic nitrogens is 2. The average Bonchev–Trinajstić information content (AvgIpc) is 3.71. The lowest BCUT2D eigenvalue weighted by atomic mass is 9.95. The second-order valence-corrected chi connectivity index (χ2v) is 14.0. The number of amides is 2. The molecule has 0 radical (unpaired) electrons. The molecule has 5 aliphatic rings. The molecule has 5 saturated heterocycles. The number of aromatic hydroxyl groups is 1. The van der Waals surface area contributed by atoms with Crippen LogP contribution in [0.5, 0.6) is 11.8 Å². The molecule has 6 heterocycles. The minimum Gasteiger partial charge on any atom is -0.508 e. The van der Waals surface area contributed by atoms with Gasteiger partial charge in [0.1, 0.15) is 18.2 Å². The van der Waals surface area contributed by atoms with Crippen molar-refractivity contribution in [2.75, 3.05) is 50.8 Å². The van der Waals surface area contributed by atoms with Gasteiger partial charge in [-0.25, -0.2) is 4.79 Å². The number of piperazine rings is 1. The zero-order valence-electron chi connectivity index (χ0n) is 26.1. The smallest absolute Gasteiger partial charge is 0.319 e. The molecule has 0 unspecified atom stereocenters. The van der Waals surface area contributed by atoms with Gasteiger partial charge < -0.3 is 30.3 Å². The highest BCUT2D eigenvalue weighted by atomic mass is 16.5. The number of urea groups is 1. The molecular weight excluding hydrogens is 578 g/mol. The topological polar surface area (TPSA) is 106 Å². The number of fused-ring (bicyclic) bond motifs is 5.